The lowest BCUT2D eigenvalue weighted by molar-refractivity contribution is 0.509. The Morgan fingerprint density at radius 3 is 2.18 bits per heavy atom. The molecule has 0 atom stereocenters. The Bertz CT molecular complexity index is 535. The molecule has 0 saturated carbocycles. The second-order valence-corrected chi connectivity index (χ2v) is 6.13. The molecule has 1 heterocycles. The predicted molar refractivity (Wildman–Crippen MR) is 68.4 cm³/mol. The van der Waals surface area contributed by atoms with Gasteiger partial charge in [0.1, 0.15) is 0 Å². The maximum atomic E-state index is 13.1. The van der Waals surface area contributed by atoms with Gasteiger partial charge in [-0.15, -0.1) is 11.3 Å². The first-order valence-corrected chi connectivity index (χ1v) is 6.25. The van der Waals surface area contributed by atoms with E-state index in [1.165, 1.54) is 17.0 Å². The molecule has 0 radical (unpaired) electrons. The lowest BCUT2D eigenvalue weighted by Gasteiger charge is -2.15. The number of hydrogen-bond acceptors (Lipinski definition) is 1. The van der Waals surface area contributed by atoms with E-state index in [-0.39, 0.29) is 5.41 Å². The minimum atomic E-state index is -0.804. The number of thiophene rings is 1. The van der Waals surface area contributed by atoms with Crippen LogP contribution in [0.3, 0.4) is 0 Å². The Morgan fingerprint density at radius 2 is 1.65 bits per heavy atom. The minimum Gasteiger partial charge on any atom is -0.204 e. The van der Waals surface area contributed by atoms with E-state index in [0.29, 0.717) is 0 Å². The van der Waals surface area contributed by atoms with Gasteiger partial charge in [0.15, 0.2) is 11.6 Å². The molecule has 2 rings (SSSR count). The van der Waals surface area contributed by atoms with Crippen molar-refractivity contribution in [2.75, 3.05) is 0 Å². The van der Waals surface area contributed by atoms with Crippen LogP contribution in [0.25, 0.3) is 10.4 Å². The number of halogens is 2. The van der Waals surface area contributed by atoms with Gasteiger partial charge in [-0.3, -0.25) is 0 Å². The van der Waals surface area contributed by atoms with E-state index in [1.807, 2.05) is 12.1 Å². The Kier molecular flexibility index (Phi) is 3.04. The van der Waals surface area contributed by atoms with E-state index in [1.54, 1.807) is 17.4 Å². The van der Waals surface area contributed by atoms with Crippen LogP contribution in [-0.2, 0) is 5.41 Å². The van der Waals surface area contributed by atoms with Crippen LogP contribution >= 0.6 is 11.3 Å². The Morgan fingerprint density at radius 1 is 0.941 bits per heavy atom. The monoisotopic (exact) mass is 252 g/mol. The lowest BCUT2D eigenvalue weighted by atomic mass is 9.95. The molecule has 3 heteroatoms. The molecule has 0 spiro atoms. The van der Waals surface area contributed by atoms with Gasteiger partial charge in [-0.2, -0.15) is 0 Å². The summed E-state index contributed by atoms with van der Waals surface area (Å²) in [5.41, 5.74) is 0.811. The maximum Gasteiger partial charge on any atom is 0.159 e. The van der Waals surface area contributed by atoms with Gasteiger partial charge in [-0.25, -0.2) is 8.78 Å². The molecule has 0 aliphatic carbocycles. The van der Waals surface area contributed by atoms with E-state index >= 15 is 0 Å². The SMILES string of the molecule is CC(C)(C)c1ccc(-c2ccc(F)c(F)c2)s1. The van der Waals surface area contributed by atoms with Gasteiger partial charge in [0.2, 0.25) is 0 Å². The van der Waals surface area contributed by atoms with Crippen LogP contribution in [-0.4, -0.2) is 0 Å². The Balaban J connectivity index is 2.40. The van der Waals surface area contributed by atoms with E-state index in [9.17, 15) is 8.78 Å². The highest BCUT2D eigenvalue weighted by molar-refractivity contribution is 7.15. The first kappa shape index (κ1) is 12.2. The highest BCUT2D eigenvalue weighted by atomic mass is 32.1. The van der Waals surface area contributed by atoms with Gasteiger partial charge in [-0.1, -0.05) is 26.8 Å². The smallest absolute Gasteiger partial charge is 0.159 e. The second-order valence-electron chi connectivity index (χ2n) is 5.04. The second kappa shape index (κ2) is 4.22. The first-order chi connectivity index (χ1) is 7.88. The molecule has 0 saturated heterocycles. The molecule has 2 aromatic rings. The van der Waals surface area contributed by atoms with Gasteiger partial charge in [0.05, 0.1) is 0 Å². The van der Waals surface area contributed by atoms with Crippen molar-refractivity contribution in [2.24, 2.45) is 0 Å². The van der Waals surface area contributed by atoms with Gasteiger partial charge in [0, 0.05) is 9.75 Å². The minimum absolute atomic E-state index is 0.0848. The van der Waals surface area contributed by atoms with Crippen LogP contribution in [0.1, 0.15) is 25.6 Å². The average Bonchev–Trinajstić information content (AvgIpc) is 2.70. The molecule has 90 valence electrons. The third-order valence-electron chi connectivity index (χ3n) is 2.55. The fourth-order valence-electron chi connectivity index (χ4n) is 1.55. The van der Waals surface area contributed by atoms with Crippen molar-refractivity contribution < 1.29 is 8.78 Å². The van der Waals surface area contributed by atoms with E-state index in [4.69, 9.17) is 0 Å². The molecule has 1 aromatic heterocycles. The van der Waals surface area contributed by atoms with Gasteiger partial charge in [-0.05, 0) is 35.2 Å². The molecule has 0 unspecified atom stereocenters. The van der Waals surface area contributed by atoms with Crippen molar-refractivity contribution in [3.63, 3.8) is 0 Å². The third kappa shape index (κ3) is 2.55. The third-order valence-corrected chi connectivity index (χ3v) is 4.11. The zero-order valence-corrected chi connectivity index (χ0v) is 10.9. The summed E-state index contributed by atoms with van der Waals surface area (Å²) in [6.07, 6.45) is 0. The molecule has 0 aliphatic rings. The number of rotatable bonds is 1. The summed E-state index contributed by atoms with van der Waals surface area (Å²) in [4.78, 5) is 2.20. The van der Waals surface area contributed by atoms with Crippen LogP contribution in [0.2, 0.25) is 0 Å². The van der Waals surface area contributed by atoms with Crippen LogP contribution in [0.15, 0.2) is 30.3 Å². The summed E-state index contributed by atoms with van der Waals surface area (Å²) in [6, 6.07) is 8.02. The molecular weight excluding hydrogens is 238 g/mol. The largest absolute Gasteiger partial charge is 0.204 e. The van der Waals surface area contributed by atoms with E-state index in [2.05, 4.69) is 20.8 Å². The van der Waals surface area contributed by atoms with Crippen LogP contribution in [0.5, 0.6) is 0 Å². The van der Waals surface area contributed by atoms with Crippen molar-refractivity contribution >= 4 is 11.3 Å². The van der Waals surface area contributed by atoms with Gasteiger partial charge in [0.25, 0.3) is 0 Å². The van der Waals surface area contributed by atoms with Crippen molar-refractivity contribution in [2.45, 2.75) is 26.2 Å². The number of hydrogen-bond donors (Lipinski definition) is 0. The van der Waals surface area contributed by atoms with E-state index < -0.39 is 11.6 Å². The fraction of sp³-hybridized carbons (Fsp3) is 0.286. The summed E-state index contributed by atoms with van der Waals surface area (Å²) < 4.78 is 26.0. The maximum absolute atomic E-state index is 13.1. The van der Waals surface area contributed by atoms with Crippen molar-refractivity contribution in [3.8, 4) is 10.4 Å². The van der Waals surface area contributed by atoms with Crippen LogP contribution < -0.4 is 0 Å². The Labute approximate surface area is 104 Å². The zero-order chi connectivity index (χ0) is 12.6. The Hall–Kier alpha value is -1.22. The quantitative estimate of drug-likeness (QED) is 0.670. The zero-order valence-electron chi connectivity index (χ0n) is 10.1. The summed E-state index contributed by atoms with van der Waals surface area (Å²) in [5, 5.41) is 0. The topological polar surface area (TPSA) is 0 Å². The molecule has 0 N–H and O–H groups in total. The van der Waals surface area contributed by atoms with E-state index in [0.717, 1.165) is 10.4 Å². The van der Waals surface area contributed by atoms with Crippen LogP contribution in [0, 0.1) is 11.6 Å². The lowest BCUT2D eigenvalue weighted by Crippen LogP contribution is -2.07. The van der Waals surface area contributed by atoms with Gasteiger partial charge >= 0.3 is 0 Å². The molecule has 0 fully saturated rings. The molecule has 17 heavy (non-hydrogen) atoms. The summed E-state index contributed by atoms with van der Waals surface area (Å²) in [7, 11) is 0. The molecule has 0 aliphatic heterocycles. The van der Waals surface area contributed by atoms with Crippen molar-refractivity contribution in [1.82, 2.24) is 0 Å². The molecular formula is C14H14F2S. The standard InChI is InChI=1S/C14H14F2S/c1-14(2,3)13-7-6-12(17-13)9-4-5-10(15)11(16)8-9/h4-8H,1-3H3. The average molecular weight is 252 g/mol. The van der Waals surface area contributed by atoms with Gasteiger partial charge < -0.3 is 0 Å². The normalized spacial score (nSPS) is 11.8. The first-order valence-electron chi connectivity index (χ1n) is 5.43. The summed E-state index contributed by atoms with van der Waals surface area (Å²) in [5.74, 6) is -1.60. The molecule has 0 amide bonds. The van der Waals surface area contributed by atoms with Crippen LogP contribution in [0.4, 0.5) is 8.78 Å². The number of benzene rings is 1. The molecule has 1 aromatic carbocycles. The predicted octanol–water partition coefficient (Wildman–Crippen LogP) is 4.99. The summed E-state index contributed by atoms with van der Waals surface area (Å²) in [6.45, 7) is 6.40. The van der Waals surface area contributed by atoms with Crippen molar-refractivity contribution in [3.05, 3.63) is 46.8 Å². The fourth-order valence-corrected chi connectivity index (χ4v) is 2.61. The van der Waals surface area contributed by atoms with Crippen molar-refractivity contribution in [1.29, 1.82) is 0 Å². The molecule has 0 bridgehead atoms. The molecule has 0 nitrogen and oxygen atoms in total. The highest BCUT2D eigenvalue weighted by Gasteiger charge is 2.16. The summed E-state index contributed by atoms with van der Waals surface area (Å²) >= 11 is 1.62. The highest BCUT2D eigenvalue weighted by Crippen LogP contribution is 2.35.